The van der Waals surface area contributed by atoms with Crippen LogP contribution in [0.5, 0.6) is 0 Å². The number of hydrogen-bond donors (Lipinski definition) is 1. The number of hydrogen-bond acceptors (Lipinski definition) is 5. The van der Waals surface area contributed by atoms with Gasteiger partial charge in [-0.05, 0) is 78.7 Å². The van der Waals surface area contributed by atoms with Crippen LogP contribution in [0.15, 0.2) is 60.7 Å². The van der Waals surface area contributed by atoms with Gasteiger partial charge >= 0.3 is 0 Å². The van der Waals surface area contributed by atoms with Gasteiger partial charge in [-0.1, -0.05) is 74.5 Å². The van der Waals surface area contributed by atoms with Gasteiger partial charge in [0.05, 0.1) is 44.7 Å². The third-order valence-electron chi connectivity index (χ3n) is 12.0. The predicted molar refractivity (Wildman–Crippen MR) is 153 cm³/mol. The van der Waals surface area contributed by atoms with Gasteiger partial charge in [-0.3, -0.25) is 0 Å². The zero-order chi connectivity index (χ0) is 27.4. The van der Waals surface area contributed by atoms with Gasteiger partial charge in [0.15, 0.2) is 5.79 Å². The van der Waals surface area contributed by atoms with E-state index in [1.54, 1.807) is 0 Å². The Balaban J connectivity index is 1.28. The summed E-state index contributed by atoms with van der Waals surface area (Å²) in [5.74, 6) is 1.18. The number of rotatable bonds is 6. The van der Waals surface area contributed by atoms with Crippen LogP contribution in [0.1, 0.15) is 69.9 Å². The van der Waals surface area contributed by atoms with Crippen molar-refractivity contribution in [1.82, 2.24) is 0 Å². The molecule has 2 aromatic rings. The van der Waals surface area contributed by atoms with E-state index in [4.69, 9.17) is 18.9 Å². The zero-order valence-electron chi connectivity index (χ0n) is 24.2. The molecule has 40 heavy (non-hydrogen) atoms. The standard InChI is InChI=1S/C35H46O5/c1-33-16-13-26(36)21-29(33)31(37-22-24-9-5-3-6-10-24)32(38-23-25-11-7-4-8-12-25)30-27(33)14-17-34(2)28(30)15-18-35(34)39-19-20-40-35/h3-12,26-32,36H,13-23H2,1-2H3/t26-,27?,28?,29?,30?,31-,32?,33-,34+/m1/s1. The minimum absolute atomic E-state index is 0.0274. The van der Waals surface area contributed by atoms with Gasteiger partial charge in [-0.15, -0.1) is 0 Å². The molecule has 7 rings (SSSR count). The van der Waals surface area contributed by atoms with Crippen LogP contribution in [0.4, 0.5) is 0 Å². The topological polar surface area (TPSA) is 57.2 Å². The zero-order valence-corrected chi connectivity index (χ0v) is 24.2. The van der Waals surface area contributed by atoms with E-state index in [9.17, 15) is 5.11 Å². The number of aliphatic hydroxyl groups excluding tert-OH is 1. The summed E-state index contributed by atoms with van der Waals surface area (Å²) in [6, 6.07) is 21.1. The highest BCUT2D eigenvalue weighted by Crippen LogP contribution is 2.70. The fraction of sp³-hybridized carbons (Fsp3) is 0.657. The van der Waals surface area contributed by atoms with Gasteiger partial charge in [0, 0.05) is 11.8 Å². The average molecular weight is 547 g/mol. The fourth-order valence-corrected chi connectivity index (χ4v) is 10.0. The third kappa shape index (κ3) is 4.31. The number of fused-ring (bicyclic) bond motifs is 6. The summed E-state index contributed by atoms with van der Waals surface area (Å²) in [4.78, 5) is 0. The first-order valence-corrected chi connectivity index (χ1v) is 15.7. The number of aliphatic hydroxyl groups is 1. The molecule has 0 bridgehead atoms. The maximum atomic E-state index is 11.0. The molecule has 9 atom stereocenters. The quantitative estimate of drug-likeness (QED) is 0.447. The Morgan fingerprint density at radius 3 is 1.98 bits per heavy atom. The van der Waals surface area contributed by atoms with E-state index in [0.29, 0.717) is 44.2 Å². The molecule has 5 nitrogen and oxygen atoms in total. The molecule has 1 N–H and O–H groups in total. The number of ether oxygens (including phenoxy) is 4. The molecule has 216 valence electrons. The highest BCUT2D eigenvalue weighted by Gasteiger charge is 2.70. The molecule has 5 fully saturated rings. The van der Waals surface area contributed by atoms with Crippen LogP contribution in [0, 0.1) is 34.5 Å². The molecule has 1 aliphatic heterocycles. The van der Waals surface area contributed by atoms with Crippen molar-refractivity contribution >= 4 is 0 Å². The largest absolute Gasteiger partial charge is 0.393 e. The monoisotopic (exact) mass is 546 g/mol. The molecule has 2 aromatic carbocycles. The van der Waals surface area contributed by atoms with E-state index in [1.165, 1.54) is 11.1 Å². The summed E-state index contributed by atoms with van der Waals surface area (Å²) < 4.78 is 27.0. The van der Waals surface area contributed by atoms with Gasteiger partial charge < -0.3 is 24.1 Å². The summed E-state index contributed by atoms with van der Waals surface area (Å²) in [6.07, 6.45) is 6.71. The Morgan fingerprint density at radius 1 is 0.725 bits per heavy atom. The van der Waals surface area contributed by atoms with Crippen molar-refractivity contribution in [2.45, 2.75) is 96.1 Å². The number of benzene rings is 2. The van der Waals surface area contributed by atoms with Gasteiger partial charge in [0.25, 0.3) is 0 Å². The minimum Gasteiger partial charge on any atom is -0.393 e. The summed E-state index contributed by atoms with van der Waals surface area (Å²) in [6.45, 7) is 7.50. The second-order valence-corrected chi connectivity index (χ2v) is 13.8. The first kappa shape index (κ1) is 27.1. The maximum Gasteiger partial charge on any atom is 0.174 e. The summed E-state index contributed by atoms with van der Waals surface area (Å²) in [7, 11) is 0. The highest BCUT2D eigenvalue weighted by molar-refractivity contribution is 5.19. The molecule has 0 amide bonds. The van der Waals surface area contributed by atoms with E-state index < -0.39 is 5.79 Å². The molecule has 1 spiro atoms. The summed E-state index contributed by atoms with van der Waals surface area (Å²) in [5, 5.41) is 11.0. The Bertz CT molecular complexity index is 1150. The van der Waals surface area contributed by atoms with Crippen LogP contribution in [-0.4, -0.2) is 42.4 Å². The van der Waals surface area contributed by atoms with E-state index >= 15 is 0 Å². The van der Waals surface area contributed by atoms with Crippen molar-refractivity contribution in [3.63, 3.8) is 0 Å². The Hall–Kier alpha value is -1.76. The highest BCUT2D eigenvalue weighted by atomic mass is 16.7. The third-order valence-corrected chi connectivity index (χ3v) is 12.0. The summed E-state index contributed by atoms with van der Waals surface area (Å²) in [5.41, 5.74) is 2.47. The molecule has 0 radical (unpaired) electrons. The molecule has 1 saturated heterocycles. The van der Waals surface area contributed by atoms with Crippen molar-refractivity contribution in [3.05, 3.63) is 71.8 Å². The first-order valence-electron chi connectivity index (χ1n) is 15.7. The molecular formula is C35H46O5. The van der Waals surface area contributed by atoms with E-state index in [1.807, 2.05) is 0 Å². The average Bonchev–Trinajstić information content (AvgIpc) is 3.58. The van der Waals surface area contributed by atoms with E-state index in [0.717, 1.165) is 44.9 Å². The van der Waals surface area contributed by atoms with Crippen LogP contribution in [0.2, 0.25) is 0 Å². The van der Waals surface area contributed by atoms with Gasteiger partial charge in [0.1, 0.15) is 0 Å². The lowest BCUT2D eigenvalue weighted by atomic mass is 9.43. The lowest BCUT2D eigenvalue weighted by Gasteiger charge is -2.65. The summed E-state index contributed by atoms with van der Waals surface area (Å²) >= 11 is 0. The van der Waals surface area contributed by atoms with Crippen molar-refractivity contribution in [1.29, 1.82) is 0 Å². The molecule has 5 heteroatoms. The predicted octanol–water partition coefficient (Wildman–Crippen LogP) is 6.52. The molecule has 4 saturated carbocycles. The first-order chi connectivity index (χ1) is 19.4. The molecule has 5 aliphatic rings. The second-order valence-electron chi connectivity index (χ2n) is 13.8. The van der Waals surface area contributed by atoms with Crippen LogP contribution in [0.3, 0.4) is 0 Å². The van der Waals surface area contributed by atoms with E-state index in [2.05, 4.69) is 74.5 Å². The van der Waals surface area contributed by atoms with Crippen molar-refractivity contribution in [2.75, 3.05) is 13.2 Å². The SMILES string of the molecule is C[C@]12CC[C@@H](O)CC1[C@@H](OCc1ccccc1)C(OCc1ccccc1)C1C2CC[C@@]2(C)C1CCC21OCCO1. The van der Waals surface area contributed by atoms with Crippen molar-refractivity contribution in [2.24, 2.45) is 34.5 Å². The van der Waals surface area contributed by atoms with Crippen LogP contribution < -0.4 is 0 Å². The van der Waals surface area contributed by atoms with Crippen molar-refractivity contribution in [3.8, 4) is 0 Å². The second kappa shape index (κ2) is 10.5. The molecular weight excluding hydrogens is 500 g/mol. The van der Waals surface area contributed by atoms with Crippen LogP contribution in [-0.2, 0) is 32.2 Å². The Kier molecular flexibility index (Phi) is 7.11. The molecule has 4 aliphatic carbocycles. The molecule has 0 aromatic heterocycles. The van der Waals surface area contributed by atoms with E-state index in [-0.39, 0.29) is 35.1 Å². The minimum atomic E-state index is -0.451. The van der Waals surface area contributed by atoms with Gasteiger partial charge in [0.2, 0.25) is 0 Å². The molecule has 1 heterocycles. The lowest BCUT2D eigenvalue weighted by molar-refractivity contribution is -0.282. The maximum absolute atomic E-state index is 11.0. The van der Waals surface area contributed by atoms with Crippen LogP contribution >= 0.6 is 0 Å². The van der Waals surface area contributed by atoms with Gasteiger partial charge in [-0.25, -0.2) is 0 Å². The van der Waals surface area contributed by atoms with Crippen LogP contribution in [0.25, 0.3) is 0 Å². The van der Waals surface area contributed by atoms with Gasteiger partial charge in [-0.2, -0.15) is 0 Å². The normalized spacial score (nSPS) is 41.8. The Labute approximate surface area is 239 Å². The Morgan fingerprint density at radius 2 is 1.32 bits per heavy atom. The smallest absolute Gasteiger partial charge is 0.174 e. The van der Waals surface area contributed by atoms with Crippen molar-refractivity contribution < 1.29 is 24.1 Å². The molecule has 5 unspecified atom stereocenters. The fourth-order valence-electron chi connectivity index (χ4n) is 10.0. The lowest BCUT2D eigenvalue weighted by Crippen LogP contribution is -2.66.